The summed E-state index contributed by atoms with van der Waals surface area (Å²) in [6.07, 6.45) is 1.67. The maximum Gasteiger partial charge on any atom is 0.337 e. The van der Waals surface area contributed by atoms with Crippen molar-refractivity contribution < 1.29 is 9.53 Å². The minimum atomic E-state index is -0.351. The number of fused-ring (bicyclic) bond motifs is 1. The molecular weight excluding hydrogens is 298 g/mol. The molecule has 0 spiro atoms. The van der Waals surface area contributed by atoms with Gasteiger partial charge in [0.05, 0.1) is 29.1 Å². The molecular formula is C16H13N3O2S. The Hall–Kier alpha value is -2.73. The first-order valence-corrected chi connectivity index (χ1v) is 7.41. The molecule has 22 heavy (non-hydrogen) atoms. The van der Waals surface area contributed by atoms with Gasteiger partial charge in [0.2, 0.25) is 5.13 Å². The molecule has 110 valence electrons. The van der Waals surface area contributed by atoms with E-state index in [4.69, 9.17) is 0 Å². The number of ether oxygens (including phenoxy) is 1. The molecule has 5 nitrogen and oxygen atoms in total. The SMILES string of the molecule is COC(=O)c1ccc(C=NNc2nc3ccccc3s2)cc1. The summed E-state index contributed by atoms with van der Waals surface area (Å²) in [6, 6.07) is 14.9. The minimum Gasteiger partial charge on any atom is -0.465 e. The fraction of sp³-hybridized carbons (Fsp3) is 0.0625. The number of aromatic nitrogens is 1. The zero-order valence-corrected chi connectivity index (χ0v) is 12.6. The van der Waals surface area contributed by atoms with Crippen LogP contribution in [0.3, 0.4) is 0 Å². The number of para-hydroxylation sites is 1. The molecule has 0 aliphatic carbocycles. The van der Waals surface area contributed by atoms with Gasteiger partial charge in [-0.05, 0) is 29.8 Å². The normalized spacial score (nSPS) is 11.0. The van der Waals surface area contributed by atoms with Gasteiger partial charge in [-0.3, -0.25) is 5.43 Å². The number of esters is 1. The Bertz CT molecular complexity index is 792. The Balaban J connectivity index is 1.67. The monoisotopic (exact) mass is 311 g/mol. The number of hydrogen-bond donors (Lipinski definition) is 1. The molecule has 0 fully saturated rings. The van der Waals surface area contributed by atoms with E-state index in [2.05, 4.69) is 20.2 Å². The quantitative estimate of drug-likeness (QED) is 0.455. The second-order valence-corrected chi connectivity index (χ2v) is 5.50. The number of nitrogens with one attached hydrogen (secondary N) is 1. The Kier molecular flexibility index (Phi) is 4.11. The van der Waals surface area contributed by atoms with E-state index in [-0.39, 0.29) is 5.97 Å². The van der Waals surface area contributed by atoms with E-state index in [1.165, 1.54) is 7.11 Å². The van der Waals surface area contributed by atoms with Crippen molar-refractivity contribution in [3.63, 3.8) is 0 Å². The maximum absolute atomic E-state index is 11.3. The van der Waals surface area contributed by atoms with Crippen LogP contribution in [0.15, 0.2) is 53.6 Å². The summed E-state index contributed by atoms with van der Waals surface area (Å²) in [5, 5.41) is 4.90. The lowest BCUT2D eigenvalue weighted by molar-refractivity contribution is 0.0601. The number of benzene rings is 2. The number of methoxy groups -OCH3 is 1. The van der Waals surface area contributed by atoms with Crippen LogP contribution < -0.4 is 5.43 Å². The third-order valence-electron chi connectivity index (χ3n) is 3.00. The predicted molar refractivity (Wildman–Crippen MR) is 88.6 cm³/mol. The molecule has 6 heteroatoms. The van der Waals surface area contributed by atoms with Gasteiger partial charge < -0.3 is 4.74 Å². The Labute approximate surface area is 131 Å². The van der Waals surface area contributed by atoms with Gasteiger partial charge >= 0.3 is 5.97 Å². The number of nitrogens with zero attached hydrogens (tertiary/aromatic N) is 2. The third kappa shape index (κ3) is 3.12. The van der Waals surface area contributed by atoms with Crippen molar-refractivity contribution in [2.24, 2.45) is 5.10 Å². The van der Waals surface area contributed by atoms with Crippen LogP contribution in [0.1, 0.15) is 15.9 Å². The number of hydrazone groups is 1. The maximum atomic E-state index is 11.3. The first-order chi connectivity index (χ1) is 10.8. The summed E-state index contributed by atoms with van der Waals surface area (Å²) < 4.78 is 5.77. The van der Waals surface area contributed by atoms with E-state index in [0.717, 1.165) is 20.9 Å². The van der Waals surface area contributed by atoms with E-state index < -0.39 is 0 Å². The first-order valence-electron chi connectivity index (χ1n) is 6.59. The summed E-state index contributed by atoms with van der Waals surface area (Å²) in [5.74, 6) is -0.351. The third-order valence-corrected chi connectivity index (χ3v) is 3.94. The van der Waals surface area contributed by atoms with Gasteiger partial charge in [-0.15, -0.1) is 0 Å². The molecule has 3 rings (SSSR count). The lowest BCUT2D eigenvalue weighted by Gasteiger charge is -1.99. The number of carbonyl (C=O) groups is 1. The lowest BCUT2D eigenvalue weighted by Crippen LogP contribution is -2.00. The highest BCUT2D eigenvalue weighted by molar-refractivity contribution is 7.22. The molecule has 1 aromatic heterocycles. The van der Waals surface area contributed by atoms with E-state index in [1.807, 2.05) is 24.3 Å². The van der Waals surface area contributed by atoms with Crippen molar-refractivity contribution in [2.75, 3.05) is 12.5 Å². The van der Waals surface area contributed by atoms with Crippen molar-refractivity contribution in [3.05, 3.63) is 59.7 Å². The van der Waals surface area contributed by atoms with Gasteiger partial charge in [-0.1, -0.05) is 35.6 Å². The second-order valence-electron chi connectivity index (χ2n) is 4.47. The molecule has 3 aromatic rings. The van der Waals surface area contributed by atoms with Crippen LogP contribution in [0, 0.1) is 0 Å². The van der Waals surface area contributed by atoms with Gasteiger partial charge in [-0.2, -0.15) is 5.10 Å². The van der Waals surface area contributed by atoms with Crippen LogP contribution in [0.5, 0.6) is 0 Å². The summed E-state index contributed by atoms with van der Waals surface area (Å²) in [4.78, 5) is 15.8. The van der Waals surface area contributed by atoms with E-state index >= 15 is 0 Å². The van der Waals surface area contributed by atoms with Crippen molar-refractivity contribution in [2.45, 2.75) is 0 Å². The lowest BCUT2D eigenvalue weighted by atomic mass is 10.1. The van der Waals surface area contributed by atoms with E-state index in [1.54, 1.807) is 41.8 Å². The zero-order valence-electron chi connectivity index (χ0n) is 11.8. The highest BCUT2D eigenvalue weighted by atomic mass is 32.1. The molecule has 0 radical (unpaired) electrons. The molecule has 0 bridgehead atoms. The van der Waals surface area contributed by atoms with E-state index in [9.17, 15) is 4.79 Å². The smallest absolute Gasteiger partial charge is 0.337 e. The number of anilines is 1. The minimum absolute atomic E-state index is 0.351. The van der Waals surface area contributed by atoms with E-state index in [0.29, 0.717) is 5.56 Å². The molecule has 0 saturated heterocycles. The molecule has 0 aliphatic heterocycles. The second kappa shape index (κ2) is 6.36. The summed E-state index contributed by atoms with van der Waals surface area (Å²) in [5.41, 5.74) is 5.26. The summed E-state index contributed by atoms with van der Waals surface area (Å²) in [7, 11) is 1.36. The van der Waals surface area contributed by atoms with Gasteiger partial charge in [0, 0.05) is 0 Å². The average Bonchev–Trinajstić information content (AvgIpc) is 2.97. The summed E-state index contributed by atoms with van der Waals surface area (Å²) in [6.45, 7) is 0. The zero-order chi connectivity index (χ0) is 15.4. The molecule has 0 aliphatic rings. The van der Waals surface area contributed by atoms with Crippen LogP contribution >= 0.6 is 11.3 Å². The largest absolute Gasteiger partial charge is 0.465 e. The molecule has 0 atom stereocenters. The van der Waals surface area contributed by atoms with Gasteiger partial charge in [0.1, 0.15) is 0 Å². The van der Waals surface area contributed by atoms with Crippen LogP contribution in [0.25, 0.3) is 10.2 Å². The van der Waals surface area contributed by atoms with Crippen molar-refractivity contribution in [1.29, 1.82) is 0 Å². The molecule has 1 heterocycles. The molecule has 0 unspecified atom stereocenters. The van der Waals surface area contributed by atoms with Crippen LogP contribution in [0.4, 0.5) is 5.13 Å². The standard InChI is InChI=1S/C16H13N3O2S/c1-21-15(20)12-8-6-11(7-9-12)10-17-19-16-18-13-4-2-3-5-14(13)22-16/h2-10H,1H3,(H,18,19). The fourth-order valence-corrected chi connectivity index (χ4v) is 2.72. The number of thiazole rings is 1. The van der Waals surface area contributed by atoms with Crippen molar-refractivity contribution in [1.82, 2.24) is 4.98 Å². The molecule has 0 saturated carbocycles. The highest BCUT2D eigenvalue weighted by Crippen LogP contribution is 2.25. The molecule has 1 N–H and O–H groups in total. The first kappa shape index (κ1) is 14.2. The Morgan fingerprint density at radius 1 is 1.23 bits per heavy atom. The Morgan fingerprint density at radius 3 is 2.73 bits per heavy atom. The van der Waals surface area contributed by atoms with Crippen molar-refractivity contribution in [3.8, 4) is 0 Å². The van der Waals surface area contributed by atoms with Gasteiger partial charge in [-0.25, -0.2) is 9.78 Å². The predicted octanol–water partition coefficient (Wildman–Crippen LogP) is 3.53. The fourth-order valence-electron chi connectivity index (χ4n) is 1.91. The van der Waals surface area contributed by atoms with Crippen LogP contribution in [-0.2, 0) is 4.74 Å². The number of carbonyl (C=O) groups excluding carboxylic acids is 1. The van der Waals surface area contributed by atoms with Gasteiger partial charge in [0.15, 0.2) is 0 Å². The van der Waals surface area contributed by atoms with Crippen LogP contribution in [0.2, 0.25) is 0 Å². The van der Waals surface area contributed by atoms with Gasteiger partial charge in [0.25, 0.3) is 0 Å². The Morgan fingerprint density at radius 2 is 2.00 bits per heavy atom. The topological polar surface area (TPSA) is 63.6 Å². The number of rotatable bonds is 4. The van der Waals surface area contributed by atoms with Crippen molar-refractivity contribution >= 4 is 38.9 Å². The number of hydrogen-bond acceptors (Lipinski definition) is 6. The molecule has 0 amide bonds. The molecule has 2 aromatic carbocycles. The van der Waals surface area contributed by atoms with Crippen LogP contribution in [-0.4, -0.2) is 24.3 Å². The highest BCUT2D eigenvalue weighted by Gasteiger charge is 2.03. The average molecular weight is 311 g/mol. The summed E-state index contributed by atoms with van der Waals surface area (Å²) >= 11 is 1.54.